The van der Waals surface area contributed by atoms with E-state index in [9.17, 15) is 19.2 Å². The topological polar surface area (TPSA) is 116 Å². The van der Waals surface area contributed by atoms with E-state index in [0.717, 1.165) is 50.5 Å². The molecule has 0 heterocycles. The number of rotatable bonds is 36. The molecule has 0 aliphatic heterocycles. The van der Waals surface area contributed by atoms with Crippen molar-refractivity contribution in [2.45, 2.75) is 233 Å². The van der Waals surface area contributed by atoms with Crippen molar-refractivity contribution >= 4 is 23.9 Å². The van der Waals surface area contributed by atoms with Crippen LogP contribution in [0.2, 0.25) is 0 Å². The molecule has 0 atom stereocenters. The molecule has 2 rings (SSSR count). The Balaban J connectivity index is 0.000000645. The number of hydrogen-bond donors (Lipinski definition) is 1. The highest BCUT2D eigenvalue weighted by Gasteiger charge is 2.16. The second kappa shape index (κ2) is 39.2. The summed E-state index contributed by atoms with van der Waals surface area (Å²) in [6, 6.07) is 13.7. The average molecular weight is 889 g/mol. The maximum Gasteiger partial charge on any atom is 0.311 e. The maximum atomic E-state index is 12.1. The Morgan fingerprint density at radius 1 is 0.438 bits per heavy atom. The van der Waals surface area contributed by atoms with Crippen LogP contribution in [-0.4, -0.2) is 34.6 Å². The molecule has 360 valence electrons. The van der Waals surface area contributed by atoms with Gasteiger partial charge in [0.15, 0.2) is 0 Å². The van der Waals surface area contributed by atoms with Gasteiger partial charge < -0.3 is 19.3 Å². The smallest absolute Gasteiger partial charge is 0.311 e. The zero-order valence-corrected chi connectivity index (χ0v) is 40.9. The predicted octanol–water partition coefficient (Wildman–Crippen LogP) is 15.8. The summed E-state index contributed by atoms with van der Waals surface area (Å²) in [5.41, 5.74) is 1.04. The number of carboxylic acids is 1. The van der Waals surface area contributed by atoms with Gasteiger partial charge in [0.2, 0.25) is 0 Å². The molecule has 8 heteroatoms. The molecule has 0 unspecified atom stereocenters. The summed E-state index contributed by atoms with van der Waals surface area (Å²) in [6.45, 7) is 10.1. The molecule has 0 fully saturated rings. The lowest BCUT2D eigenvalue weighted by atomic mass is 10.1. The van der Waals surface area contributed by atoms with Crippen molar-refractivity contribution in [1.82, 2.24) is 0 Å². The van der Waals surface area contributed by atoms with Gasteiger partial charge in [-0.1, -0.05) is 165 Å². The third-order valence-electron chi connectivity index (χ3n) is 10.7. The number of ether oxygens (including phenoxy) is 3. The van der Waals surface area contributed by atoms with Gasteiger partial charge in [-0.05, 0) is 120 Å². The summed E-state index contributed by atoms with van der Waals surface area (Å²) in [5, 5.41) is 8.76. The van der Waals surface area contributed by atoms with E-state index in [0.29, 0.717) is 29.9 Å². The number of aliphatic carboxylic acids is 1. The van der Waals surface area contributed by atoms with Crippen LogP contribution in [-0.2, 0) is 36.8 Å². The number of benzene rings is 2. The van der Waals surface area contributed by atoms with Crippen molar-refractivity contribution in [3.05, 3.63) is 84.0 Å². The normalized spacial score (nSPS) is 11.4. The molecule has 0 saturated carbocycles. The van der Waals surface area contributed by atoms with E-state index in [1.54, 1.807) is 48.5 Å². The largest absolute Gasteiger partial charge is 0.481 e. The molecular weight excluding hydrogens is 801 g/mol. The molecule has 2 aromatic rings. The zero-order chi connectivity index (χ0) is 46.9. The molecule has 0 aromatic heterocycles. The first-order valence-electron chi connectivity index (χ1n) is 25.2. The average Bonchev–Trinajstić information content (AvgIpc) is 3.24. The van der Waals surface area contributed by atoms with Gasteiger partial charge in [0.25, 0.3) is 0 Å². The molecule has 0 bridgehead atoms. The molecule has 8 nitrogen and oxygen atoms in total. The van der Waals surface area contributed by atoms with E-state index in [1.807, 2.05) is 20.8 Å². The summed E-state index contributed by atoms with van der Waals surface area (Å²) >= 11 is 0. The maximum absolute atomic E-state index is 12.1. The third kappa shape index (κ3) is 37.2. The number of esters is 3. The van der Waals surface area contributed by atoms with Crippen molar-refractivity contribution < 1.29 is 38.5 Å². The number of carbonyl (C=O) groups excluding carboxylic acids is 3. The van der Waals surface area contributed by atoms with Crippen molar-refractivity contribution in [3.8, 4) is 11.5 Å². The fourth-order valence-electron chi connectivity index (χ4n) is 7.11. The quantitative estimate of drug-likeness (QED) is 0.0311. The van der Waals surface area contributed by atoms with Crippen LogP contribution in [0.25, 0.3) is 0 Å². The summed E-state index contributed by atoms with van der Waals surface area (Å²) in [6.07, 6.45) is 42.5. The summed E-state index contributed by atoms with van der Waals surface area (Å²) in [5.74, 6) is -0.561. The van der Waals surface area contributed by atoms with Crippen molar-refractivity contribution in [1.29, 1.82) is 0 Å². The van der Waals surface area contributed by atoms with Gasteiger partial charge in [-0.2, -0.15) is 0 Å². The van der Waals surface area contributed by atoms with Crippen LogP contribution in [0.3, 0.4) is 0 Å². The van der Waals surface area contributed by atoms with Crippen LogP contribution >= 0.6 is 0 Å². The number of unbranched alkanes of at least 4 members (excludes halogenated alkanes) is 22. The Kier molecular flexibility index (Phi) is 35.4. The van der Waals surface area contributed by atoms with Crippen molar-refractivity contribution in [3.63, 3.8) is 0 Å². The number of hydrogen-bond acceptors (Lipinski definition) is 7. The summed E-state index contributed by atoms with van der Waals surface area (Å²) in [4.78, 5) is 46.5. The summed E-state index contributed by atoms with van der Waals surface area (Å²) < 4.78 is 16.0. The SMILES string of the molecule is CCCCCCCC/C=C\CCCCCCCC(=O)Oc1ccc(CC(=O)O)cc1.CCCCCCCC/C=C\CCCCCCCC(=O)Oc1ccc(CC(=O)OC(C)(C)C)cc1. The molecule has 0 aliphatic carbocycles. The van der Waals surface area contributed by atoms with Gasteiger partial charge in [-0.3, -0.25) is 19.2 Å². The minimum Gasteiger partial charge on any atom is -0.481 e. The minimum atomic E-state index is -0.871. The van der Waals surface area contributed by atoms with E-state index in [-0.39, 0.29) is 30.7 Å². The lowest BCUT2D eigenvalue weighted by Crippen LogP contribution is -2.24. The van der Waals surface area contributed by atoms with Crippen molar-refractivity contribution in [2.24, 2.45) is 0 Å². The first kappa shape index (κ1) is 57.8. The lowest BCUT2D eigenvalue weighted by molar-refractivity contribution is -0.154. The number of carboxylic acid groups (broad SMARTS) is 1. The molecular formula is C56H88O8. The molecule has 0 amide bonds. The van der Waals surface area contributed by atoms with Gasteiger partial charge in [0, 0.05) is 12.8 Å². The molecule has 0 radical (unpaired) electrons. The molecule has 0 saturated heterocycles. The minimum absolute atomic E-state index is 0.0247. The summed E-state index contributed by atoms with van der Waals surface area (Å²) in [7, 11) is 0. The first-order valence-corrected chi connectivity index (χ1v) is 25.2. The molecule has 0 aliphatic rings. The Labute approximate surface area is 389 Å². The standard InChI is InChI=1S/C30H48O4.C26H40O4/c1-5-6-7-8-9-10-11-12-13-14-15-16-17-18-19-20-28(31)33-27-23-21-26(22-24-27)25-29(32)34-30(2,3)4;1-2-3-4-5-6-7-8-9-10-11-12-13-14-15-16-17-26(29)30-24-20-18-23(19-21-24)22-25(27)28/h12-13,21-24H,5-11,14-20,25H2,1-4H3;9-10,18-21H,2-8,11-17,22H2,1H3,(H,27,28)/b13-12-;10-9-. The van der Waals surface area contributed by atoms with Crippen LogP contribution in [0.4, 0.5) is 0 Å². The first-order chi connectivity index (χ1) is 30.9. The molecule has 0 spiro atoms. The molecule has 2 aromatic carbocycles. The second-order valence-electron chi connectivity index (χ2n) is 18.2. The highest BCUT2D eigenvalue weighted by molar-refractivity contribution is 5.74. The van der Waals surface area contributed by atoms with Gasteiger partial charge >= 0.3 is 23.9 Å². The van der Waals surface area contributed by atoms with Crippen LogP contribution in [0.15, 0.2) is 72.8 Å². The van der Waals surface area contributed by atoms with E-state index < -0.39 is 11.6 Å². The van der Waals surface area contributed by atoms with Crippen molar-refractivity contribution in [2.75, 3.05) is 0 Å². The predicted molar refractivity (Wildman–Crippen MR) is 264 cm³/mol. The van der Waals surface area contributed by atoms with Gasteiger partial charge in [-0.15, -0.1) is 0 Å². The number of carbonyl (C=O) groups is 4. The lowest BCUT2D eigenvalue weighted by Gasteiger charge is -2.19. The highest BCUT2D eigenvalue weighted by Crippen LogP contribution is 2.18. The monoisotopic (exact) mass is 889 g/mol. The Hall–Kier alpha value is -4.20. The molecule has 1 N–H and O–H groups in total. The zero-order valence-electron chi connectivity index (χ0n) is 40.9. The number of allylic oxidation sites excluding steroid dienone is 4. The van der Waals surface area contributed by atoms with E-state index >= 15 is 0 Å². The Morgan fingerprint density at radius 2 is 0.750 bits per heavy atom. The second-order valence-corrected chi connectivity index (χ2v) is 18.2. The Bertz CT molecular complexity index is 1530. The van der Waals surface area contributed by atoms with Crippen LogP contribution in [0.5, 0.6) is 11.5 Å². The van der Waals surface area contributed by atoms with Crippen LogP contribution in [0.1, 0.15) is 226 Å². The fraction of sp³-hybridized carbons (Fsp3) is 0.643. The van der Waals surface area contributed by atoms with E-state index in [1.165, 1.54) is 122 Å². The van der Waals surface area contributed by atoms with Crippen LogP contribution in [0, 0.1) is 0 Å². The third-order valence-corrected chi connectivity index (χ3v) is 10.7. The van der Waals surface area contributed by atoms with Gasteiger partial charge in [0.05, 0.1) is 12.8 Å². The Morgan fingerprint density at radius 3 is 1.08 bits per heavy atom. The van der Waals surface area contributed by atoms with E-state index in [2.05, 4.69) is 38.2 Å². The van der Waals surface area contributed by atoms with Crippen LogP contribution < -0.4 is 9.47 Å². The van der Waals surface area contributed by atoms with E-state index in [4.69, 9.17) is 19.3 Å². The fourth-order valence-corrected chi connectivity index (χ4v) is 7.11. The van der Waals surface area contributed by atoms with Gasteiger partial charge in [0.1, 0.15) is 17.1 Å². The highest BCUT2D eigenvalue weighted by atomic mass is 16.6. The molecule has 64 heavy (non-hydrogen) atoms. The van der Waals surface area contributed by atoms with Gasteiger partial charge in [-0.25, -0.2) is 0 Å².